The topological polar surface area (TPSA) is 86.8 Å². The molecule has 0 aliphatic heterocycles. The number of nitrogens with one attached hydrogen (secondary N) is 1. The van der Waals surface area contributed by atoms with Gasteiger partial charge in [0.1, 0.15) is 5.01 Å². The minimum absolute atomic E-state index is 0.124. The second-order valence-corrected chi connectivity index (χ2v) is 7.54. The first-order valence-electron chi connectivity index (χ1n) is 7.14. The quantitative estimate of drug-likeness (QED) is 0.723. The van der Waals surface area contributed by atoms with Gasteiger partial charge in [-0.05, 0) is 12.1 Å². The SMILES string of the molecule is COCc1nc(CCNS(=O)(=O)c2ccc(OC)c(OC)c2)cs1. The van der Waals surface area contributed by atoms with Gasteiger partial charge in [0.05, 0.1) is 31.4 Å². The highest BCUT2D eigenvalue weighted by Crippen LogP contribution is 2.29. The Morgan fingerprint density at radius 3 is 2.58 bits per heavy atom. The third-order valence-corrected chi connectivity index (χ3v) is 5.54. The van der Waals surface area contributed by atoms with E-state index < -0.39 is 10.0 Å². The van der Waals surface area contributed by atoms with Crippen LogP contribution in [0, 0.1) is 0 Å². The van der Waals surface area contributed by atoms with E-state index in [1.807, 2.05) is 5.38 Å². The molecule has 0 saturated heterocycles. The lowest BCUT2D eigenvalue weighted by Gasteiger charge is -2.10. The lowest BCUT2D eigenvalue weighted by Crippen LogP contribution is -2.26. The van der Waals surface area contributed by atoms with Crippen molar-refractivity contribution in [3.8, 4) is 11.5 Å². The number of nitrogens with zero attached hydrogens (tertiary/aromatic N) is 1. The molecule has 7 nitrogen and oxygen atoms in total. The van der Waals surface area contributed by atoms with Crippen molar-refractivity contribution in [3.05, 3.63) is 34.3 Å². The van der Waals surface area contributed by atoms with Crippen LogP contribution >= 0.6 is 11.3 Å². The molecule has 0 radical (unpaired) electrons. The Balaban J connectivity index is 2.00. The molecule has 0 bridgehead atoms. The molecular weight excluding hydrogens is 352 g/mol. The molecule has 2 aromatic rings. The zero-order chi connectivity index (χ0) is 17.6. The van der Waals surface area contributed by atoms with E-state index in [-0.39, 0.29) is 11.4 Å². The molecule has 24 heavy (non-hydrogen) atoms. The molecule has 9 heteroatoms. The molecule has 1 N–H and O–H groups in total. The Kier molecular flexibility index (Phi) is 6.55. The molecule has 132 valence electrons. The maximum atomic E-state index is 12.4. The molecule has 0 spiro atoms. The van der Waals surface area contributed by atoms with Crippen LogP contribution in [0.5, 0.6) is 11.5 Å². The van der Waals surface area contributed by atoms with Crippen LogP contribution in [0.3, 0.4) is 0 Å². The number of ether oxygens (including phenoxy) is 3. The third kappa shape index (κ3) is 4.67. The van der Waals surface area contributed by atoms with Crippen LogP contribution < -0.4 is 14.2 Å². The van der Waals surface area contributed by atoms with Gasteiger partial charge in [0.25, 0.3) is 0 Å². The summed E-state index contributed by atoms with van der Waals surface area (Å²) in [6, 6.07) is 4.47. The van der Waals surface area contributed by atoms with E-state index in [2.05, 4.69) is 9.71 Å². The number of hydrogen-bond donors (Lipinski definition) is 1. The first-order valence-corrected chi connectivity index (χ1v) is 9.50. The number of rotatable bonds is 9. The van der Waals surface area contributed by atoms with E-state index in [9.17, 15) is 8.42 Å². The Morgan fingerprint density at radius 1 is 1.17 bits per heavy atom. The number of hydrogen-bond acceptors (Lipinski definition) is 7. The van der Waals surface area contributed by atoms with Crippen molar-refractivity contribution in [2.75, 3.05) is 27.9 Å². The highest BCUT2D eigenvalue weighted by Gasteiger charge is 2.16. The third-order valence-electron chi connectivity index (χ3n) is 3.21. The molecule has 1 heterocycles. The minimum atomic E-state index is -3.63. The lowest BCUT2D eigenvalue weighted by molar-refractivity contribution is 0.184. The van der Waals surface area contributed by atoms with E-state index in [1.54, 1.807) is 13.2 Å². The maximum Gasteiger partial charge on any atom is 0.240 e. The smallest absolute Gasteiger partial charge is 0.240 e. The fourth-order valence-electron chi connectivity index (χ4n) is 2.03. The van der Waals surface area contributed by atoms with Crippen LogP contribution in [-0.4, -0.2) is 41.3 Å². The van der Waals surface area contributed by atoms with Crippen molar-refractivity contribution in [2.45, 2.75) is 17.9 Å². The van der Waals surface area contributed by atoms with Crippen LogP contribution in [0.4, 0.5) is 0 Å². The number of sulfonamides is 1. The van der Waals surface area contributed by atoms with Gasteiger partial charge >= 0.3 is 0 Å². The molecule has 0 aliphatic carbocycles. The molecular formula is C15H20N2O5S2. The normalized spacial score (nSPS) is 11.5. The Bertz CT molecular complexity index is 774. The predicted molar refractivity (Wildman–Crippen MR) is 91.3 cm³/mol. The largest absolute Gasteiger partial charge is 0.493 e. The van der Waals surface area contributed by atoms with Gasteiger partial charge in [0.15, 0.2) is 11.5 Å². The summed E-state index contributed by atoms with van der Waals surface area (Å²) in [5.74, 6) is 0.841. The van der Waals surface area contributed by atoms with Crippen LogP contribution in [0.2, 0.25) is 0 Å². The summed E-state index contributed by atoms with van der Waals surface area (Å²) in [5, 5.41) is 2.77. The minimum Gasteiger partial charge on any atom is -0.493 e. The second-order valence-electron chi connectivity index (χ2n) is 4.83. The van der Waals surface area contributed by atoms with Gasteiger partial charge in [-0.3, -0.25) is 0 Å². The molecule has 1 aromatic carbocycles. The molecule has 0 fully saturated rings. The number of thiazole rings is 1. The number of methoxy groups -OCH3 is 3. The summed E-state index contributed by atoms with van der Waals surface area (Å²) in [6.45, 7) is 0.717. The summed E-state index contributed by atoms with van der Waals surface area (Å²) in [6.07, 6.45) is 0.507. The fourth-order valence-corrected chi connectivity index (χ4v) is 3.88. The number of aromatic nitrogens is 1. The number of benzene rings is 1. The van der Waals surface area contributed by atoms with E-state index in [1.165, 1.54) is 37.7 Å². The highest BCUT2D eigenvalue weighted by atomic mass is 32.2. The molecule has 0 amide bonds. The zero-order valence-corrected chi connectivity index (χ0v) is 15.4. The van der Waals surface area contributed by atoms with Crippen LogP contribution in [-0.2, 0) is 27.8 Å². The molecule has 0 aliphatic rings. The van der Waals surface area contributed by atoms with Gasteiger partial charge in [-0.25, -0.2) is 18.1 Å². The maximum absolute atomic E-state index is 12.4. The molecule has 0 atom stereocenters. The van der Waals surface area contributed by atoms with Gasteiger partial charge in [0.2, 0.25) is 10.0 Å². The Morgan fingerprint density at radius 2 is 1.92 bits per heavy atom. The molecule has 2 rings (SSSR count). The average molecular weight is 372 g/mol. The van der Waals surface area contributed by atoms with Gasteiger partial charge in [0, 0.05) is 31.5 Å². The highest BCUT2D eigenvalue weighted by molar-refractivity contribution is 7.89. The summed E-state index contributed by atoms with van der Waals surface area (Å²) in [5.41, 5.74) is 0.835. The second kappa shape index (κ2) is 8.43. The average Bonchev–Trinajstić information content (AvgIpc) is 3.01. The van der Waals surface area contributed by atoms with Crippen molar-refractivity contribution in [2.24, 2.45) is 0 Å². The van der Waals surface area contributed by atoms with Crippen molar-refractivity contribution >= 4 is 21.4 Å². The summed E-state index contributed by atoms with van der Waals surface area (Å²) < 4.78 is 42.5. The van der Waals surface area contributed by atoms with Gasteiger partial charge in [-0.1, -0.05) is 0 Å². The van der Waals surface area contributed by atoms with Crippen molar-refractivity contribution in [1.29, 1.82) is 0 Å². The van der Waals surface area contributed by atoms with E-state index in [0.717, 1.165) is 10.7 Å². The summed E-state index contributed by atoms with van der Waals surface area (Å²) >= 11 is 1.49. The molecule has 0 unspecified atom stereocenters. The van der Waals surface area contributed by atoms with Gasteiger partial charge in [-0.15, -0.1) is 11.3 Å². The monoisotopic (exact) mass is 372 g/mol. The standard InChI is InChI=1S/C15H20N2O5S2/c1-20-9-15-17-11(10-23-15)6-7-16-24(18,19)12-4-5-13(21-2)14(8-12)22-3/h4-5,8,10,16H,6-7,9H2,1-3H3. The Hall–Kier alpha value is -1.68. The fraction of sp³-hybridized carbons (Fsp3) is 0.400. The predicted octanol–water partition coefficient (Wildman–Crippen LogP) is 1.83. The van der Waals surface area contributed by atoms with Crippen LogP contribution in [0.25, 0.3) is 0 Å². The van der Waals surface area contributed by atoms with Crippen molar-refractivity contribution < 1.29 is 22.6 Å². The zero-order valence-electron chi connectivity index (χ0n) is 13.7. The summed E-state index contributed by atoms with van der Waals surface area (Å²) in [7, 11) is 0.939. The first kappa shape index (κ1) is 18.7. The van der Waals surface area contributed by atoms with E-state index >= 15 is 0 Å². The Labute approximate surface area is 145 Å². The van der Waals surface area contributed by atoms with Gasteiger partial charge in [-0.2, -0.15) is 0 Å². The first-order chi connectivity index (χ1) is 11.5. The van der Waals surface area contributed by atoms with Gasteiger partial charge < -0.3 is 14.2 Å². The van der Waals surface area contributed by atoms with Crippen LogP contribution in [0.1, 0.15) is 10.7 Å². The van der Waals surface area contributed by atoms with Crippen molar-refractivity contribution in [3.63, 3.8) is 0 Å². The van der Waals surface area contributed by atoms with Crippen LogP contribution in [0.15, 0.2) is 28.5 Å². The summed E-state index contributed by atoms with van der Waals surface area (Å²) in [4.78, 5) is 4.49. The lowest BCUT2D eigenvalue weighted by atomic mass is 10.3. The van der Waals surface area contributed by atoms with E-state index in [0.29, 0.717) is 24.5 Å². The van der Waals surface area contributed by atoms with E-state index in [4.69, 9.17) is 14.2 Å². The molecule has 1 aromatic heterocycles. The molecule has 0 saturated carbocycles. The van der Waals surface area contributed by atoms with Crippen molar-refractivity contribution in [1.82, 2.24) is 9.71 Å².